The summed E-state index contributed by atoms with van der Waals surface area (Å²) in [6.45, 7) is 0. The smallest absolute Gasteiger partial charge is 0.118 e. The van der Waals surface area contributed by atoms with Gasteiger partial charge in [-0.2, -0.15) is 0 Å². The fourth-order valence-corrected chi connectivity index (χ4v) is 4.60. The minimum absolute atomic E-state index is 0.511. The Balaban J connectivity index is 1.77. The fraction of sp³-hybridized carbons (Fsp3) is 0. The van der Waals surface area contributed by atoms with E-state index in [1.807, 2.05) is 121 Å². The van der Waals surface area contributed by atoms with Crippen molar-refractivity contribution in [3.63, 3.8) is 0 Å². The Morgan fingerprint density at radius 1 is 0.389 bits per heavy atom. The molecule has 0 amide bonds. The van der Waals surface area contributed by atoms with E-state index in [2.05, 4.69) is 10.2 Å². The molecular weight excluding hydrogens is 448 g/mol. The number of hydrogen-bond acceptors (Lipinski definition) is 4. The van der Waals surface area contributed by atoms with E-state index < -0.39 is 0 Å². The summed E-state index contributed by atoms with van der Waals surface area (Å²) in [7, 11) is 0. The lowest BCUT2D eigenvalue weighted by Gasteiger charge is -2.11. The van der Waals surface area contributed by atoms with Crippen molar-refractivity contribution in [3.8, 4) is 56.2 Å². The molecule has 0 aliphatic carbocycles. The molecule has 0 unspecified atom stereocenters. The molecule has 0 aliphatic heterocycles. The van der Waals surface area contributed by atoms with Crippen LogP contribution in [0.2, 0.25) is 0 Å². The van der Waals surface area contributed by atoms with Crippen molar-refractivity contribution in [1.82, 2.24) is 19.9 Å². The van der Waals surface area contributed by atoms with Gasteiger partial charge in [-0.1, -0.05) is 121 Å². The summed E-state index contributed by atoms with van der Waals surface area (Å²) in [5, 5.41) is 31.4. The summed E-state index contributed by atoms with van der Waals surface area (Å²) < 4.78 is 0. The first-order valence-corrected chi connectivity index (χ1v) is 11.6. The molecule has 0 fully saturated rings. The number of hydrogen-bond donors (Lipinski definition) is 2. The summed E-state index contributed by atoms with van der Waals surface area (Å²) in [5.41, 5.74) is 6.78. The highest BCUT2D eigenvalue weighted by atomic mass is 16.5. The van der Waals surface area contributed by atoms with Crippen molar-refractivity contribution < 1.29 is 10.4 Å². The highest BCUT2D eigenvalue weighted by Crippen LogP contribution is 2.47. The molecule has 6 aromatic rings. The molecule has 0 saturated carbocycles. The van der Waals surface area contributed by atoms with Crippen LogP contribution < -0.4 is 0 Å². The Labute approximate surface area is 207 Å². The van der Waals surface area contributed by atoms with Crippen molar-refractivity contribution in [1.29, 1.82) is 0 Å². The van der Waals surface area contributed by atoms with E-state index in [4.69, 9.17) is 0 Å². The maximum absolute atomic E-state index is 11.1. The monoisotopic (exact) mass is 470 g/mol. The van der Waals surface area contributed by atoms with Crippen LogP contribution in [0.1, 0.15) is 0 Å². The van der Waals surface area contributed by atoms with Gasteiger partial charge in [-0.15, -0.1) is 19.9 Å². The Bertz CT molecular complexity index is 1500. The molecule has 6 heteroatoms. The summed E-state index contributed by atoms with van der Waals surface area (Å²) in [4.78, 5) is 1.84. The molecule has 0 radical (unpaired) electrons. The second kappa shape index (κ2) is 8.92. The highest BCUT2D eigenvalue weighted by Gasteiger charge is 2.31. The zero-order valence-corrected chi connectivity index (χ0v) is 19.2. The lowest BCUT2D eigenvalue weighted by atomic mass is 9.90. The number of aromatic nitrogens is 4. The Morgan fingerprint density at radius 3 is 0.972 bits per heavy atom. The maximum Gasteiger partial charge on any atom is 0.118 e. The average Bonchev–Trinajstić information content (AvgIpc) is 3.46. The quantitative estimate of drug-likeness (QED) is 0.269. The van der Waals surface area contributed by atoms with E-state index in [9.17, 15) is 10.4 Å². The van der Waals surface area contributed by atoms with Crippen LogP contribution in [0.25, 0.3) is 56.2 Å². The molecule has 6 rings (SSSR count). The van der Waals surface area contributed by atoms with Crippen LogP contribution in [0, 0.1) is 0 Å². The zero-order valence-electron chi connectivity index (χ0n) is 19.2. The van der Waals surface area contributed by atoms with Crippen LogP contribution in [0.15, 0.2) is 121 Å². The molecule has 36 heavy (non-hydrogen) atoms. The normalized spacial score (nSPS) is 11.0. The third-order valence-corrected chi connectivity index (χ3v) is 6.18. The summed E-state index contributed by atoms with van der Waals surface area (Å²) in [6.07, 6.45) is 0. The van der Waals surface area contributed by atoms with Crippen LogP contribution in [-0.4, -0.2) is 30.3 Å². The SMILES string of the molecule is On1nc(-c2ccccc2)c(-c2c(-c3ccccc3)nn(O)c2-c2ccccc2)c1-c1ccccc1. The van der Waals surface area contributed by atoms with Gasteiger partial charge in [0.15, 0.2) is 0 Å². The first-order valence-electron chi connectivity index (χ1n) is 11.6. The summed E-state index contributed by atoms with van der Waals surface area (Å²) in [6, 6.07) is 38.6. The minimum atomic E-state index is 0.511. The van der Waals surface area contributed by atoms with Crippen molar-refractivity contribution in [3.05, 3.63) is 121 Å². The molecular formula is C30H22N4O2. The van der Waals surface area contributed by atoms with Crippen LogP contribution in [0.4, 0.5) is 0 Å². The van der Waals surface area contributed by atoms with Gasteiger partial charge in [0.25, 0.3) is 0 Å². The van der Waals surface area contributed by atoms with E-state index in [0.717, 1.165) is 31.9 Å². The molecule has 4 aromatic carbocycles. The minimum Gasteiger partial charge on any atom is -0.411 e. The van der Waals surface area contributed by atoms with Crippen LogP contribution in [0.5, 0.6) is 0 Å². The third-order valence-electron chi connectivity index (χ3n) is 6.18. The topological polar surface area (TPSA) is 76.1 Å². The molecule has 6 nitrogen and oxygen atoms in total. The molecule has 0 aliphatic rings. The molecule has 0 spiro atoms. The van der Waals surface area contributed by atoms with Crippen LogP contribution in [0.3, 0.4) is 0 Å². The fourth-order valence-electron chi connectivity index (χ4n) is 4.60. The summed E-state index contributed by atoms with van der Waals surface area (Å²) in [5.74, 6) is 0. The number of nitrogens with zero attached hydrogens (tertiary/aromatic N) is 4. The van der Waals surface area contributed by atoms with Crippen LogP contribution in [-0.2, 0) is 0 Å². The van der Waals surface area contributed by atoms with Gasteiger partial charge in [-0.25, -0.2) is 0 Å². The summed E-state index contributed by atoms with van der Waals surface area (Å²) >= 11 is 0. The first kappa shape index (κ1) is 21.4. The van der Waals surface area contributed by atoms with E-state index in [-0.39, 0.29) is 0 Å². The van der Waals surface area contributed by atoms with E-state index in [1.165, 1.54) is 0 Å². The van der Waals surface area contributed by atoms with Gasteiger partial charge in [0.05, 0.1) is 0 Å². The molecule has 0 bridgehead atoms. The third kappa shape index (κ3) is 3.61. The van der Waals surface area contributed by atoms with Gasteiger partial charge in [0, 0.05) is 33.4 Å². The molecule has 174 valence electrons. The van der Waals surface area contributed by atoms with Crippen LogP contribution >= 0.6 is 0 Å². The van der Waals surface area contributed by atoms with E-state index in [1.54, 1.807) is 0 Å². The van der Waals surface area contributed by atoms with Gasteiger partial charge in [0.2, 0.25) is 0 Å². The van der Waals surface area contributed by atoms with Crippen molar-refractivity contribution in [2.45, 2.75) is 0 Å². The standard InChI is InChI=1S/C30H22N4O2/c35-33-29(23-17-9-3-10-18-23)25(27(31-33)21-13-5-1-6-14-21)26-28(22-15-7-2-8-16-22)32-34(36)30(26)24-19-11-4-12-20-24/h1-20,35-36H. The lowest BCUT2D eigenvalue weighted by Crippen LogP contribution is -1.97. The van der Waals surface area contributed by atoms with Gasteiger partial charge in [-0.05, 0) is 0 Å². The molecule has 0 saturated heterocycles. The maximum atomic E-state index is 11.1. The Morgan fingerprint density at radius 2 is 0.667 bits per heavy atom. The number of benzene rings is 4. The van der Waals surface area contributed by atoms with E-state index >= 15 is 0 Å². The Kier molecular flexibility index (Phi) is 5.31. The second-order valence-corrected chi connectivity index (χ2v) is 8.39. The van der Waals surface area contributed by atoms with Gasteiger partial charge >= 0.3 is 0 Å². The zero-order chi connectivity index (χ0) is 24.5. The lowest BCUT2D eigenvalue weighted by molar-refractivity contribution is 0.153. The average molecular weight is 471 g/mol. The second-order valence-electron chi connectivity index (χ2n) is 8.39. The molecule has 2 aromatic heterocycles. The molecule has 2 heterocycles. The Hall–Kier alpha value is -5.10. The van der Waals surface area contributed by atoms with Crippen molar-refractivity contribution in [2.75, 3.05) is 0 Å². The first-order chi connectivity index (χ1) is 17.7. The highest BCUT2D eigenvalue weighted by molar-refractivity contribution is 6.02. The predicted octanol–water partition coefficient (Wildman–Crippen LogP) is 6.89. The van der Waals surface area contributed by atoms with E-state index in [0.29, 0.717) is 33.9 Å². The van der Waals surface area contributed by atoms with Gasteiger partial charge in [-0.3, -0.25) is 0 Å². The molecule has 0 atom stereocenters. The number of rotatable bonds is 5. The van der Waals surface area contributed by atoms with Crippen molar-refractivity contribution in [2.24, 2.45) is 0 Å². The van der Waals surface area contributed by atoms with Gasteiger partial charge in [0.1, 0.15) is 22.8 Å². The largest absolute Gasteiger partial charge is 0.411 e. The van der Waals surface area contributed by atoms with Crippen molar-refractivity contribution >= 4 is 0 Å². The predicted molar refractivity (Wildman–Crippen MR) is 140 cm³/mol. The molecule has 2 N–H and O–H groups in total. The van der Waals surface area contributed by atoms with Gasteiger partial charge < -0.3 is 10.4 Å².